The van der Waals surface area contributed by atoms with Gasteiger partial charge in [0.15, 0.2) is 0 Å². The summed E-state index contributed by atoms with van der Waals surface area (Å²) < 4.78 is 1.88. The third kappa shape index (κ3) is 1.77. The fraction of sp³-hybridized carbons (Fsp3) is 0.0870. The highest BCUT2D eigenvalue weighted by molar-refractivity contribution is 6.20. The van der Waals surface area contributed by atoms with Crippen LogP contribution in [0.4, 0.5) is 0 Å². The van der Waals surface area contributed by atoms with Gasteiger partial charge < -0.3 is 0 Å². The molecule has 0 spiro atoms. The molecule has 0 aliphatic rings. The van der Waals surface area contributed by atoms with Crippen LogP contribution in [0.2, 0.25) is 0 Å². The van der Waals surface area contributed by atoms with Crippen molar-refractivity contribution < 1.29 is 0 Å². The standard InChI is InChI=1S/C23H17NO/c1-3-14(2)15-11-12-19-20(13-15)18-9-6-8-17-16-7-4-5-10-21(16)24(22(17)18)23(19)25/h3-13H,1-2H3/b14-3+. The quantitative estimate of drug-likeness (QED) is 0.367. The molecule has 0 radical (unpaired) electrons. The van der Waals surface area contributed by atoms with Gasteiger partial charge in [-0.2, -0.15) is 0 Å². The minimum Gasteiger partial charge on any atom is -0.275 e. The molecule has 2 heteroatoms. The second-order valence-electron chi connectivity index (χ2n) is 6.59. The van der Waals surface area contributed by atoms with E-state index in [0.717, 1.165) is 43.5 Å². The lowest BCUT2D eigenvalue weighted by molar-refractivity contribution is 1.21. The summed E-state index contributed by atoms with van der Waals surface area (Å²) in [6.45, 7) is 4.14. The molecule has 120 valence electrons. The lowest BCUT2D eigenvalue weighted by Gasteiger charge is -2.08. The molecule has 25 heavy (non-hydrogen) atoms. The Morgan fingerprint density at radius 1 is 0.840 bits per heavy atom. The number of benzene rings is 3. The van der Waals surface area contributed by atoms with Crippen molar-refractivity contribution in [3.63, 3.8) is 0 Å². The van der Waals surface area contributed by atoms with Crippen LogP contribution < -0.4 is 5.56 Å². The minimum absolute atomic E-state index is 0.0598. The van der Waals surface area contributed by atoms with Gasteiger partial charge in [0.2, 0.25) is 0 Å². The van der Waals surface area contributed by atoms with E-state index in [1.807, 2.05) is 41.7 Å². The van der Waals surface area contributed by atoms with Gasteiger partial charge in [0.05, 0.1) is 11.0 Å². The van der Waals surface area contributed by atoms with Gasteiger partial charge in [-0.3, -0.25) is 9.20 Å². The van der Waals surface area contributed by atoms with E-state index in [1.54, 1.807) is 0 Å². The largest absolute Gasteiger partial charge is 0.275 e. The highest BCUT2D eigenvalue weighted by Crippen LogP contribution is 2.34. The Bertz CT molecular complexity index is 1370. The van der Waals surface area contributed by atoms with Crippen molar-refractivity contribution in [1.29, 1.82) is 0 Å². The Morgan fingerprint density at radius 2 is 1.56 bits per heavy atom. The molecule has 0 saturated heterocycles. The van der Waals surface area contributed by atoms with Crippen LogP contribution >= 0.6 is 0 Å². The highest BCUT2D eigenvalue weighted by Gasteiger charge is 2.16. The van der Waals surface area contributed by atoms with E-state index in [-0.39, 0.29) is 5.56 Å². The van der Waals surface area contributed by atoms with Gasteiger partial charge in [0, 0.05) is 21.5 Å². The third-order valence-corrected chi connectivity index (χ3v) is 5.33. The average Bonchev–Trinajstić information content (AvgIpc) is 3.01. The Morgan fingerprint density at radius 3 is 2.36 bits per heavy atom. The van der Waals surface area contributed by atoms with E-state index in [2.05, 4.69) is 43.3 Å². The Labute approximate surface area is 145 Å². The van der Waals surface area contributed by atoms with Gasteiger partial charge in [-0.25, -0.2) is 0 Å². The molecule has 0 bridgehead atoms. The zero-order valence-electron chi connectivity index (χ0n) is 14.2. The molecule has 0 N–H and O–H groups in total. The van der Waals surface area contributed by atoms with Crippen LogP contribution in [-0.4, -0.2) is 4.40 Å². The van der Waals surface area contributed by atoms with E-state index in [9.17, 15) is 4.79 Å². The Hall–Kier alpha value is -3.13. The predicted octanol–water partition coefficient (Wildman–Crippen LogP) is 5.62. The predicted molar refractivity (Wildman–Crippen MR) is 107 cm³/mol. The molecular formula is C23H17NO. The van der Waals surface area contributed by atoms with Gasteiger partial charge in [-0.05, 0) is 48.6 Å². The first-order valence-electron chi connectivity index (χ1n) is 8.55. The molecule has 5 aromatic rings. The van der Waals surface area contributed by atoms with Crippen LogP contribution in [0.1, 0.15) is 19.4 Å². The van der Waals surface area contributed by atoms with Gasteiger partial charge in [0.1, 0.15) is 0 Å². The minimum atomic E-state index is 0.0598. The first-order valence-corrected chi connectivity index (χ1v) is 8.55. The van der Waals surface area contributed by atoms with Crippen molar-refractivity contribution in [3.05, 3.63) is 82.7 Å². The molecule has 2 heterocycles. The number of aromatic nitrogens is 1. The molecule has 2 nitrogen and oxygen atoms in total. The molecule has 0 unspecified atom stereocenters. The second kappa shape index (κ2) is 4.93. The van der Waals surface area contributed by atoms with E-state index in [4.69, 9.17) is 0 Å². The first-order chi connectivity index (χ1) is 12.2. The molecule has 2 aromatic heterocycles. The first kappa shape index (κ1) is 14.2. The molecule has 0 saturated carbocycles. The van der Waals surface area contributed by atoms with E-state index in [1.165, 1.54) is 5.57 Å². The molecule has 3 aromatic carbocycles. The van der Waals surface area contributed by atoms with Crippen LogP contribution in [0, 0.1) is 0 Å². The zero-order chi connectivity index (χ0) is 17.1. The summed E-state index contributed by atoms with van der Waals surface area (Å²) in [4.78, 5) is 13.3. The maximum Gasteiger partial charge on any atom is 0.263 e. The third-order valence-electron chi connectivity index (χ3n) is 5.33. The summed E-state index contributed by atoms with van der Waals surface area (Å²) in [6.07, 6.45) is 2.10. The number of allylic oxidation sites excluding steroid dienone is 2. The van der Waals surface area contributed by atoms with Crippen molar-refractivity contribution in [2.24, 2.45) is 0 Å². The number of hydrogen-bond donors (Lipinski definition) is 0. The summed E-state index contributed by atoms with van der Waals surface area (Å²) in [5, 5.41) is 5.21. The number of hydrogen-bond acceptors (Lipinski definition) is 1. The van der Waals surface area contributed by atoms with Gasteiger partial charge in [-0.1, -0.05) is 48.5 Å². The van der Waals surface area contributed by atoms with E-state index in [0.29, 0.717) is 0 Å². The van der Waals surface area contributed by atoms with Crippen molar-refractivity contribution in [2.75, 3.05) is 0 Å². The van der Waals surface area contributed by atoms with Gasteiger partial charge in [0.25, 0.3) is 5.56 Å². The number of para-hydroxylation sites is 2. The van der Waals surface area contributed by atoms with E-state index >= 15 is 0 Å². The van der Waals surface area contributed by atoms with Crippen molar-refractivity contribution in [2.45, 2.75) is 13.8 Å². The summed E-state index contributed by atoms with van der Waals surface area (Å²) in [5.74, 6) is 0. The smallest absolute Gasteiger partial charge is 0.263 e. The van der Waals surface area contributed by atoms with Crippen LogP contribution in [0.5, 0.6) is 0 Å². The average molecular weight is 323 g/mol. The van der Waals surface area contributed by atoms with Gasteiger partial charge >= 0.3 is 0 Å². The fourth-order valence-corrected chi connectivity index (χ4v) is 3.93. The van der Waals surface area contributed by atoms with Gasteiger partial charge in [-0.15, -0.1) is 0 Å². The Balaban J connectivity index is 2.12. The SMILES string of the molecule is C/C=C(\C)c1ccc2c(=O)n3c4ccccc4c4cccc(c2c1)c43. The van der Waals surface area contributed by atoms with Crippen molar-refractivity contribution >= 4 is 43.5 Å². The fourth-order valence-electron chi connectivity index (χ4n) is 3.93. The van der Waals surface area contributed by atoms with E-state index < -0.39 is 0 Å². The number of nitrogens with zero attached hydrogens (tertiary/aromatic N) is 1. The maximum atomic E-state index is 13.3. The highest BCUT2D eigenvalue weighted by atomic mass is 16.1. The number of rotatable bonds is 1. The summed E-state index contributed by atoms with van der Waals surface area (Å²) in [6, 6.07) is 20.6. The number of fused-ring (bicyclic) bond motifs is 5. The van der Waals surface area contributed by atoms with Crippen LogP contribution in [-0.2, 0) is 0 Å². The summed E-state index contributed by atoms with van der Waals surface area (Å²) in [5.41, 5.74) is 4.44. The molecule has 0 atom stereocenters. The molecular weight excluding hydrogens is 306 g/mol. The van der Waals surface area contributed by atoms with Crippen molar-refractivity contribution in [3.8, 4) is 0 Å². The van der Waals surface area contributed by atoms with Crippen LogP contribution in [0.3, 0.4) is 0 Å². The monoisotopic (exact) mass is 323 g/mol. The van der Waals surface area contributed by atoms with Crippen LogP contribution in [0.15, 0.2) is 71.5 Å². The molecule has 0 aliphatic heterocycles. The normalized spacial score (nSPS) is 12.8. The molecule has 0 fully saturated rings. The Kier molecular flexibility index (Phi) is 2.81. The van der Waals surface area contributed by atoms with Crippen LogP contribution in [0.25, 0.3) is 43.5 Å². The lowest BCUT2D eigenvalue weighted by atomic mass is 9.99. The maximum absolute atomic E-state index is 13.3. The zero-order valence-corrected chi connectivity index (χ0v) is 14.2. The lowest BCUT2D eigenvalue weighted by Crippen LogP contribution is -2.12. The van der Waals surface area contributed by atoms with Crippen molar-refractivity contribution in [1.82, 2.24) is 4.40 Å². The molecule has 0 aliphatic carbocycles. The number of pyridine rings is 1. The summed E-state index contributed by atoms with van der Waals surface area (Å²) in [7, 11) is 0. The second-order valence-corrected chi connectivity index (χ2v) is 6.59. The molecule has 5 rings (SSSR count). The molecule has 0 amide bonds. The topological polar surface area (TPSA) is 21.5 Å². The summed E-state index contributed by atoms with van der Waals surface area (Å²) >= 11 is 0.